The van der Waals surface area contributed by atoms with Gasteiger partial charge in [0, 0.05) is 25.4 Å². The van der Waals surface area contributed by atoms with E-state index in [2.05, 4.69) is 15.5 Å². The average molecular weight is 406 g/mol. The van der Waals surface area contributed by atoms with E-state index < -0.39 is 25.9 Å². The number of nitrogens with one attached hydrogen (secondary N) is 1. The zero-order valence-electron chi connectivity index (χ0n) is 14.4. The van der Waals surface area contributed by atoms with Gasteiger partial charge in [0.05, 0.1) is 23.8 Å². The zero-order chi connectivity index (χ0) is 18.9. The van der Waals surface area contributed by atoms with Crippen LogP contribution in [0.25, 0.3) is 0 Å². The van der Waals surface area contributed by atoms with Crippen molar-refractivity contribution >= 4 is 25.8 Å². The summed E-state index contributed by atoms with van der Waals surface area (Å²) in [6, 6.07) is -0.771. The molecule has 146 valence electrons. The molecule has 0 spiro atoms. The van der Waals surface area contributed by atoms with Crippen LogP contribution in [-0.2, 0) is 31.1 Å². The molecular formula is C14H22N4O6S2. The number of carbonyl (C=O) groups is 1. The van der Waals surface area contributed by atoms with E-state index >= 15 is 0 Å². The van der Waals surface area contributed by atoms with E-state index in [1.165, 1.54) is 4.31 Å². The summed E-state index contributed by atoms with van der Waals surface area (Å²) in [6.45, 7) is 0.431. The van der Waals surface area contributed by atoms with Crippen LogP contribution in [0.2, 0.25) is 0 Å². The quantitative estimate of drug-likeness (QED) is 0.661. The Bertz CT molecular complexity index is 879. The lowest BCUT2D eigenvalue weighted by Gasteiger charge is -2.18. The van der Waals surface area contributed by atoms with Gasteiger partial charge < -0.3 is 9.84 Å². The van der Waals surface area contributed by atoms with Gasteiger partial charge in [-0.05, 0) is 19.3 Å². The van der Waals surface area contributed by atoms with E-state index in [4.69, 9.17) is 4.52 Å². The zero-order valence-corrected chi connectivity index (χ0v) is 16.1. The van der Waals surface area contributed by atoms with Crippen LogP contribution in [-0.4, -0.2) is 67.5 Å². The van der Waals surface area contributed by atoms with Gasteiger partial charge in [-0.15, -0.1) is 0 Å². The lowest BCUT2D eigenvalue weighted by atomic mass is 10.2. The van der Waals surface area contributed by atoms with Crippen molar-refractivity contribution in [3.8, 4) is 0 Å². The van der Waals surface area contributed by atoms with Crippen LogP contribution in [0.5, 0.6) is 0 Å². The first-order valence-electron chi connectivity index (χ1n) is 8.43. The fourth-order valence-corrected chi connectivity index (χ4v) is 6.13. The van der Waals surface area contributed by atoms with Gasteiger partial charge in [0.15, 0.2) is 15.7 Å². The van der Waals surface area contributed by atoms with Crippen LogP contribution in [0.3, 0.4) is 0 Å². The monoisotopic (exact) mass is 406 g/mol. The molecule has 1 aromatic rings. The van der Waals surface area contributed by atoms with E-state index in [1.807, 2.05) is 0 Å². The smallest absolute Gasteiger partial charge is 0.227 e. The van der Waals surface area contributed by atoms with E-state index in [1.54, 1.807) is 0 Å². The van der Waals surface area contributed by atoms with E-state index in [0.717, 1.165) is 12.7 Å². The lowest BCUT2D eigenvalue weighted by Crippen LogP contribution is -2.35. The third kappa shape index (κ3) is 4.60. The van der Waals surface area contributed by atoms with Gasteiger partial charge >= 0.3 is 0 Å². The fraction of sp³-hybridized carbons (Fsp3) is 0.786. The van der Waals surface area contributed by atoms with Crippen LogP contribution in [0.1, 0.15) is 43.4 Å². The number of aryl methyl sites for hydroxylation is 1. The van der Waals surface area contributed by atoms with Crippen molar-refractivity contribution in [2.45, 2.75) is 44.2 Å². The van der Waals surface area contributed by atoms with Gasteiger partial charge in [0.25, 0.3) is 0 Å². The Kier molecular flexibility index (Phi) is 5.35. The highest BCUT2D eigenvalue weighted by molar-refractivity contribution is 7.91. The third-order valence-electron chi connectivity index (χ3n) is 4.57. The van der Waals surface area contributed by atoms with Crippen LogP contribution >= 0.6 is 0 Å². The molecule has 2 atom stereocenters. The first kappa shape index (κ1) is 19.2. The highest BCUT2D eigenvalue weighted by Crippen LogP contribution is 2.32. The number of carbonyl (C=O) groups excluding carboxylic acids is 1. The number of hydrogen-bond acceptors (Lipinski definition) is 8. The second-order valence-corrected chi connectivity index (χ2v) is 10.9. The van der Waals surface area contributed by atoms with Crippen molar-refractivity contribution in [1.82, 2.24) is 19.8 Å². The normalized spacial score (nSPS) is 26.2. The Hall–Kier alpha value is -1.53. The number of rotatable bonds is 6. The summed E-state index contributed by atoms with van der Waals surface area (Å²) in [7, 11) is -6.38. The van der Waals surface area contributed by atoms with Crippen LogP contribution in [0.15, 0.2) is 4.52 Å². The maximum absolute atomic E-state index is 11.9. The minimum absolute atomic E-state index is 0.0214. The van der Waals surface area contributed by atoms with Gasteiger partial charge in [0.2, 0.25) is 21.8 Å². The van der Waals surface area contributed by atoms with Crippen molar-refractivity contribution in [2.24, 2.45) is 0 Å². The predicted molar refractivity (Wildman–Crippen MR) is 91.3 cm³/mol. The molecule has 2 fully saturated rings. The number of sulfone groups is 1. The van der Waals surface area contributed by atoms with E-state index in [9.17, 15) is 21.6 Å². The molecule has 0 aromatic carbocycles. The van der Waals surface area contributed by atoms with Gasteiger partial charge in [-0.2, -0.15) is 9.29 Å². The molecule has 2 saturated heterocycles. The second-order valence-electron chi connectivity index (χ2n) is 6.75. The van der Waals surface area contributed by atoms with Crippen LogP contribution in [0, 0.1) is 0 Å². The average Bonchev–Trinajstić information content (AvgIpc) is 3.23. The molecule has 1 amide bonds. The number of nitrogens with zero attached hydrogens (tertiary/aromatic N) is 3. The molecule has 0 saturated carbocycles. The molecule has 0 aliphatic carbocycles. The SMILES string of the molecule is CS(=O)(=O)N1CCCC1c1noc(CCC(=O)NC2CCS(=O)(=O)C2)n1. The lowest BCUT2D eigenvalue weighted by molar-refractivity contribution is -0.121. The summed E-state index contributed by atoms with van der Waals surface area (Å²) in [5.41, 5.74) is 0. The van der Waals surface area contributed by atoms with Crippen molar-refractivity contribution in [3.63, 3.8) is 0 Å². The van der Waals surface area contributed by atoms with Crippen molar-refractivity contribution in [1.29, 1.82) is 0 Å². The van der Waals surface area contributed by atoms with E-state index in [-0.39, 0.29) is 42.2 Å². The van der Waals surface area contributed by atoms with Crippen molar-refractivity contribution in [3.05, 3.63) is 11.7 Å². The predicted octanol–water partition coefficient (Wildman–Crippen LogP) is -0.598. The number of aromatic nitrogens is 2. The van der Waals surface area contributed by atoms with Crippen molar-refractivity contribution in [2.75, 3.05) is 24.3 Å². The van der Waals surface area contributed by atoms with Crippen molar-refractivity contribution < 1.29 is 26.2 Å². The maximum Gasteiger partial charge on any atom is 0.227 e. The minimum atomic E-state index is -3.34. The molecule has 1 aromatic heterocycles. The van der Waals surface area contributed by atoms with E-state index in [0.29, 0.717) is 25.2 Å². The molecule has 26 heavy (non-hydrogen) atoms. The molecule has 10 nitrogen and oxygen atoms in total. The Morgan fingerprint density at radius 2 is 2.15 bits per heavy atom. The number of hydrogen-bond donors (Lipinski definition) is 1. The minimum Gasteiger partial charge on any atom is -0.352 e. The molecule has 0 bridgehead atoms. The van der Waals surface area contributed by atoms with Gasteiger partial charge in [-0.25, -0.2) is 16.8 Å². The van der Waals surface area contributed by atoms with Gasteiger partial charge in [0.1, 0.15) is 0 Å². The summed E-state index contributed by atoms with van der Waals surface area (Å²) in [6.07, 6.45) is 3.25. The first-order valence-corrected chi connectivity index (χ1v) is 12.1. The molecule has 3 rings (SSSR count). The summed E-state index contributed by atoms with van der Waals surface area (Å²) >= 11 is 0. The largest absolute Gasteiger partial charge is 0.352 e. The first-order chi connectivity index (χ1) is 12.1. The molecule has 12 heteroatoms. The summed E-state index contributed by atoms with van der Waals surface area (Å²) in [5, 5.41) is 6.56. The summed E-state index contributed by atoms with van der Waals surface area (Å²) in [5.74, 6) is 0.376. The summed E-state index contributed by atoms with van der Waals surface area (Å²) < 4.78 is 52.9. The fourth-order valence-electron chi connectivity index (χ4n) is 3.33. The molecule has 0 radical (unpaired) electrons. The second kappa shape index (κ2) is 7.24. The number of sulfonamides is 1. The molecule has 2 aliphatic rings. The van der Waals surface area contributed by atoms with Gasteiger partial charge in [-0.1, -0.05) is 5.16 Å². The molecule has 3 heterocycles. The Morgan fingerprint density at radius 1 is 1.38 bits per heavy atom. The maximum atomic E-state index is 11.9. The number of amides is 1. The molecular weight excluding hydrogens is 384 g/mol. The standard InChI is InChI=1S/C14H22N4O6S2/c1-25(20,21)18-7-2-3-11(18)14-16-13(24-17-14)5-4-12(19)15-10-6-8-26(22,23)9-10/h10-11H,2-9H2,1H3,(H,15,19). The highest BCUT2D eigenvalue weighted by atomic mass is 32.2. The molecule has 1 N–H and O–H groups in total. The topological polar surface area (TPSA) is 140 Å². The molecule has 2 aliphatic heterocycles. The molecule has 2 unspecified atom stereocenters. The highest BCUT2D eigenvalue weighted by Gasteiger charge is 2.35. The van der Waals surface area contributed by atoms with Gasteiger partial charge in [-0.3, -0.25) is 4.79 Å². The van der Waals surface area contributed by atoms with Crippen LogP contribution < -0.4 is 5.32 Å². The Morgan fingerprint density at radius 3 is 2.81 bits per heavy atom. The summed E-state index contributed by atoms with van der Waals surface area (Å²) in [4.78, 5) is 16.2. The Labute approximate surface area is 152 Å². The third-order valence-corrected chi connectivity index (χ3v) is 7.63. The Balaban J connectivity index is 1.53. The van der Waals surface area contributed by atoms with Crippen LogP contribution in [0.4, 0.5) is 0 Å².